The third-order valence-corrected chi connectivity index (χ3v) is 3.26. The molecule has 1 rings (SSSR count). The van der Waals surface area contributed by atoms with Crippen LogP contribution in [0.4, 0.5) is 0 Å². The van der Waals surface area contributed by atoms with Gasteiger partial charge in [0.05, 0.1) is 12.6 Å². The molecule has 18 heavy (non-hydrogen) atoms. The molecule has 5 heteroatoms. The van der Waals surface area contributed by atoms with Crippen molar-refractivity contribution in [1.82, 2.24) is 15.5 Å². The number of likely N-dealkylation sites (tertiary alicyclic amines) is 1. The lowest BCUT2D eigenvalue weighted by atomic mass is 10.2. The van der Waals surface area contributed by atoms with E-state index in [0.717, 1.165) is 45.4 Å². The van der Waals surface area contributed by atoms with E-state index in [1.54, 1.807) is 7.11 Å². The summed E-state index contributed by atoms with van der Waals surface area (Å²) >= 11 is 0. The van der Waals surface area contributed by atoms with Gasteiger partial charge < -0.3 is 15.4 Å². The van der Waals surface area contributed by atoms with Crippen LogP contribution < -0.4 is 10.6 Å². The predicted octanol–water partition coefficient (Wildman–Crippen LogP) is 0.213. The average molecular weight is 257 g/mol. The van der Waals surface area contributed by atoms with E-state index in [0.29, 0.717) is 13.2 Å². The van der Waals surface area contributed by atoms with Crippen molar-refractivity contribution in [3.05, 3.63) is 0 Å². The van der Waals surface area contributed by atoms with Crippen LogP contribution in [0.2, 0.25) is 0 Å². The summed E-state index contributed by atoms with van der Waals surface area (Å²) in [4.78, 5) is 14.3. The van der Waals surface area contributed by atoms with Crippen molar-refractivity contribution in [1.29, 1.82) is 0 Å². The van der Waals surface area contributed by atoms with Gasteiger partial charge in [0.15, 0.2) is 0 Å². The standard InChI is InChI=1S/C13H27N3O2/c1-3-9-16-10-4-5-12(16)13(17)15-7-6-14-8-11-18-2/h12,14H,3-11H2,1-2H3,(H,15,17). The molecule has 106 valence electrons. The predicted molar refractivity (Wildman–Crippen MR) is 72.6 cm³/mol. The zero-order valence-corrected chi connectivity index (χ0v) is 11.7. The molecule has 0 saturated carbocycles. The Kier molecular flexibility index (Phi) is 7.96. The van der Waals surface area contributed by atoms with E-state index in [1.165, 1.54) is 0 Å². The van der Waals surface area contributed by atoms with Crippen LogP contribution in [0.3, 0.4) is 0 Å². The van der Waals surface area contributed by atoms with Crippen molar-refractivity contribution in [3.63, 3.8) is 0 Å². The van der Waals surface area contributed by atoms with E-state index in [4.69, 9.17) is 4.74 Å². The molecule has 5 nitrogen and oxygen atoms in total. The first kappa shape index (κ1) is 15.4. The molecule has 0 spiro atoms. The molecule has 1 unspecified atom stereocenters. The fourth-order valence-corrected chi connectivity index (χ4v) is 2.37. The monoisotopic (exact) mass is 257 g/mol. The van der Waals surface area contributed by atoms with Gasteiger partial charge in [-0.3, -0.25) is 9.69 Å². The van der Waals surface area contributed by atoms with Crippen LogP contribution in [0.5, 0.6) is 0 Å². The molecule has 0 aliphatic carbocycles. The minimum Gasteiger partial charge on any atom is -0.383 e. The number of amides is 1. The van der Waals surface area contributed by atoms with Crippen LogP contribution in [0.15, 0.2) is 0 Å². The molecule has 1 aliphatic rings. The van der Waals surface area contributed by atoms with Crippen LogP contribution in [0, 0.1) is 0 Å². The van der Waals surface area contributed by atoms with Crippen LogP contribution in [-0.4, -0.2) is 63.3 Å². The van der Waals surface area contributed by atoms with E-state index in [1.807, 2.05) is 0 Å². The smallest absolute Gasteiger partial charge is 0.237 e. The zero-order valence-electron chi connectivity index (χ0n) is 11.7. The normalized spacial score (nSPS) is 20.2. The lowest BCUT2D eigenvalue weighted by Gasteiger charge is -2.22. The zero-order chi connectivity index (χ0) is 13.2. The van der Waals surface area contributed by atoms with E-state index >= 15 is 0 Å². The van der Waals surface area contributed by atoms with Gasteiger partial charge in [-0.2, -0.15) is 0 Å². The van der Waals surface area contributed by atoms with Gasteiger partial charge >= 0.3 is 0 Å². The molecule has 0 bridgehead atoms. The second kappa shape index (κ2) is 9.30. The summed E-state index contributed by atoms with van der Waals surface area (Å²) in [5.41, 5.74) is 0. The molecular formula is C13H27N3O2. The molecule has 1 saturated heterocycles. The number of hydrogen-bond acceptors (Lipinski definition) is 4. The van der Waals surface area contributed by atoms with Crippen molar-refractivity contribution >= 4 is 5.91 Å². The number of ether oxygens (including phenoxy) is 1. The quantitative estimate of drug-likeness (QED) is 0.580. The fourth-order valence-electron chi connectivity index (χ4n) is 2.37. The molecule has 1 atom stereocenters. The molecule has 1 fully saturated rings. The van der Waals surface area contributed by atoms with Crippen molar-refractivity contribution in [2.45, 2.75) is 32.2 Å². The largest absolute Gasteiger partial charge is 0.383 e. The topological polar surface area (TPSA) is 53.6 Å². The highest BCUT2D eigenvalue weighted by molar-refractivity contribution is 5.82. The average Bonchev–Trinajstić information content (AvgIpc) is 2.82. The summed E-state index contributed by atoms with van der Waals surface area (Å²) in [5, 5.41) is 6.22. The number of carbonyl (C=O) groups excluding carboxylic acids is 1. The Morgan fingerprint density at radius 1 is 1.39 bits per heavy atom. The second-order valence-corrected chi connectivity index (χ2v) is 4.73. The van der Waals surface area contributed by atoms with Crippen LogP contribution in [0.25, 0.3) is 0 Å². The van der Waals surface area contributed by atoms with Gasteiger partial charge in [-0.25, -0.2) is 0 Å². The molecule has 0 radical (unpaired) electrons. The maximum atomic E-state index is 12.0. The third kappa shape index (κ3) is 5.33. The van der Waals surface area contributed by atoms with Crippen molar-refractivity contribution < 1.29 is 9.53 Å². The van der Waals surface area contributed by atoms with Gasteiger partial charge in [-0.05, 0) is 32.4 Å². The van der Waals surface area contributed by atoms with Crippen LogP contribution in [-0.2, 0) is 9.53 Å². The lowest BCUT2D eigenvalue weighted by Crippen LogP contribution is -2.45. The Morgan fingerprint density at radius 2 is 2.22 bits per heavy atom. The summed E-state index contributed by atoms with van der Waals surface area (Å²) in [7, 11) is 1.69. The van der Waals surface area contributed by atoms with Crippen LogP contribution in [0.1, 0.15) is 26.2 Å². The minimum atomic E-state index is 0.101. The van der Waals surface area contributed by atoms with E-state index in [-0.39, 0.29) is 11.9 Å². The van der Waals surface area contributed by atoms with Crippen molar-refractivity contribution in [3.8, 4) is 0 Å². The Bertz CT molecular complexity index is 236. The van der Waals surface area contributed by atoms with Gasteiger partial charge in [0, 0.05) is 26.7 Å². The molecule has 2 N–H and O–H groups in total. The minimum absolute atomic E-state index is 0.101. The lowest BCUT2D eigenvalue weighted by molar-refractivity contribution is -0.125. The first-order valence-electron chi connectivity index (χ1n) is 7.01. The number of rotatable bonds is 9. The molecule has 0 aromatic heterocycles. The van der Waals surface area contributed by atoms with Gasteiger partial charge in [0.1, 0.15) is 0 Å². The molecule has 0 aromatic carbocycles. The molecule has 1 aliphatic heterocycles. The van der Waals surface area contributed by atoms with Gasteiger partial charge in [0.2, 0.25) is 5.91 Å². The summed E-state index contributed by atoms with van der Waals surface area (Å²) in [6, 6.07) is 0.101. The molecule has 1 amide bonds. The van der Waals surface area contributed by atoms with Crippen LogP contribution >= 0.6 is 0 Å². The highest BCUT2D eigenvalue weighted by Gasteiger charge is 2.29. The fraction of sp³-hybridized carbons (Fsp3) is 0.923. The number of nitrogens with one attached hydrogen (secondary N) is 2. The number of carbonyl (C=O) groups is 1. The summed E-state index contributed by atoms with van der Waals surface area (Å²) < 4.78 is 4.94. The van der Waals surface area contributed by atoms with Gasteiger partial charge in [-0.1, -0.05) is 6.92 Å². The van der Waals surface area contributed by atoms with Gasteiger partial charge in [-0.15, -0.1) is 0 Å². The highest BCUT2D eigenvalue weighted by atomic mass is 16.5. The highest BCUT2D eigenvalue weighted by Crippen LogP contribution is 2.17. The Hall–Kier alpha value is -0.650. The summed E-state index contributed by atoms with van der Waals surface area (Å²) in [6.45, 7) is 7.29. The number of methoxy groups -OCH3 is 1. The molecule has 0 aromatic rings. The van der Waals surface area contributed by atoms with Gasteiger partial charge in [0.25, 0.3) is 0 Å². The molecule has 1 heterocycles. The summed E-state index contributed by atoms with van der Waals surface area (Å²) in [5.74, 6) is 0.189. The molecular weight excluding hydrogens is 230 g/mol. The Morgan fingerprint density at radius 3 is 2.94 bits per heavy atom. The number of nitrogens with zero attached hydrogens (tertiary/aromatic N) is 1. The first-order valence-corrected chi connectivity index (χ1v) is 7.01. The Labute approximate surface area is 110 Å². The van der Waals surface area contributed by atoms with Crippen molar-refractivity contribution in [2.75, 3.05) is 46.4 Å². The first-order chi connectivity index (χ1) is 8.79. The second-order valence-electron chi connectivity index (χ2n) is 4.73. The SMILES string of the molecule is CCCN1CCCC1C(=O)NCCNCCOC. The van der Waals surface area contributed by atoms with E-state index in [2.05, 4.69) is 22.5 Å². The summed E-state index contributed by atoms with van der Waals surface area (Å²) in [6.07, 6.45) is 3.26. The van der Waals surface area contributed by atoms with E-state index < -0.39 is 0 Å². The van der Waals surface area contributed by atoms with Crippen molar-refractivity contribution in [2.24, 2.45) is 0 Å². The van der Waals surface area contributed by atoms with E-state index in [9.17, 15) is 4.79 Å². The Balaban J connectivity index is 2.12. The number of hydrogen-bond donors (Lipinski definition) is 2. The maximum absolute atomic E-state index is 12.0. The maximum Gasteiger partial charge on any atom is 0.237 e. The third-order valence-electron chi connectivity index (χ3n) is 3.26.